The van der Waals surface area contributed by atoms with Crippen molar-refractivity contribution in [2.75, 3.05) is 0 Å². The van der Waals surface area contributed by atoms with Gasteiger partial charge in [-0.05, 0) is 35.4 Å². The molecular weight excluding hydrogens is 328 g/mol. The number of hydrazone groups is 1. The lowest BCUT2D eigenvalue weighted by Crippen LogP contribution is -2.33. The Morgan fingerprint density at radius 2 is 1.92 bits per heavy atom. The molecule has 0 aliphatic carbocycles. The summed E-state index contributed by atoms with van der Waals surface area (Å²) in [4.78, 5) is 0. The normalized spacial score (nSPS) is 21.3. The number of hydrogen-bond acceptors (Lipinski definition) is 4. The lowest BCUT2D eigenvalue weighted by atomic mass is 9.96. The molecule has 0 saturated heterocycles. The Balaban J connectivity index is 1.59. The molecule has 124 valence electrons. The molecular formula is C21H18N2OS. The molecule has 0 fully saturated rings. The van der Waals surface area contributed by atoms with Gasteiger partial charge in [0.1, 0.15) is 5.75 Å². The molecule has 3 heterocycles. The van der Waals surface area contributed by atoms with Gasteiger partial charge in [0.15, 0.2) is 0 Å². The molecule has 2 unspecified atom stereocenters. The van der Waals surface area contributed by atoms with Gasteiger partial charge in [0.05, 0.1) is 11.8 Å². The van der Waals surface area contributed by atoms with Crippen molar-refractivity contribution in [1.82, 2.24) is 5.01 Å². The smallest absolute Gasteiger partial charge is 0.214 e. The van der Waals surface area contributed by atoms with Crippen molar-refractivity contribution in [3.63, 3.8) is 0 Å². The monoisotopic (exact) mass is 346 g/mol. The third-order valence-corrected chi connectivity index (χ3v) is 5.61. The zero-order valence-corrected chi connectivity index (χ0v) is 14.7. The molecule has 2 atom stereocenters. The minimum absolute atomic E-state index is 0.158. The molecule has 3 nitrogen and oxygen atoms in total. The molecule has 25 heavy (non-hydrogen) atoms. The first-order valence-electron chi connectivity index (χ1n) is 8.50. The molecule has 0 radical (unpaired) electrons. The van der Waals surface area contributed by atoms with E-state index >= 15 is 0 Å². The van der Waals surface area contributed by atoms with Crippen LogP contribution in [-0.2, 0) is 0 Å². The van der Waals surface area contributed by atoms with Crippen LogP contribution in [0.25, 0.3) is 0 Å². The summed E-state index contributed by atoms with van der Waals surface area (Å²) >= 11 is 1.69. The molecule has 2 aliphatic heterocycles. The number of fused-ring (bicyclic) bond motifs is 3. The van der Waals surface area contributed by atoms with E-state index in [2.05, 4.69) is 71.2 Å². The van der Waals surface area contributed by atoms with Gasteiger partial charge >= 0.3 is 0 Å². The van der Waals surface area contributed by atoms with Crippen LogP contribution in [0.4, 0.5) is 0 Å². The van der Waals surface area contributed by atoms with Crippen molar-refractivity contribution in [3.05, 3.63) is 87.6 Å². The second-order valence-electron chi connectivity index (χ2n) is 6.58. The Morgan fingerprint density at radius 3 is 2.72 bits per heavy atom. The first-order valence-corrected chi connectivity index (χ1v) is 9.44. The first-order chi connectivity index (χ1) is 12.3. The molecule has 0 saturated carbocycles. The lowest BCUT2D eigenvalue weighted by Gasteiger charge is -2.37. The van der Waals surface area contributed by atoms with Gasteiger partial charge in [0, 0.05) is 17.5 Å². The lowest BCUT2D eigenvalue weighted by molar-refractivity contribution is -0.0187. The zero-order chi connectivity index (χ0) is 16.8. The summed E-state index contributed by atoms with van der Waals surface area (Å²) in [6.45, 7) is 2.11. The number of thiophene rings is 1. The van der Waals surface area contributed by atoms with Crippen LogP contribution in [0.5, 0.6) is 5.75 Å². The van der Waals surface area contributed by atoms with Crippen molar-refractivity contribution >= 4 is 17.0 Å². The van der Waals surface area contributed by atoms with E-state index in [1.54, 1.807) is 11.3 Å². The predicted molar refractivity (Wildman–Crippen MR) is 101 cm³/mol. The Morgan fingerprint density at radius 1 is 1.08 bits per heavy atom. The van der Waals surface area contributed by atoms with Crippen molar-refractivity contribution < 1.29 is 4.74 Å². The quantitative estimate of drug-likeness (QED) is 0.629. The maximum Gasteiger partial charge on any atom is 0.214 e. The fourth-order valence-corrected chi connectivity index (χ4v) is 4.26. The van der Waals surface area contributed by atoms with Crippen LogP contribution in [0.3, 0.4) is 0 Å². The first kappa shape index (κ1) is 14.7. The van der Waals surface area contributed by atoms with Crippen LogP contribution in [0.15, 0.2) is 70.5 Å². The summed E-state index contributed by atoms with van der Waals surface area (Å²) in [6, 6.07) is 19.3. The van der Waals surface area contributed by atoms with E-state index in [4.69, 9.17) is 9.84 Å². The molecule has 1 aromatic heterocycles. The van der Waals surface area contributed by atoms with Crippen LogP contribution >= 0.6 is 11.3 Å². The Kier molecular flexibility index (Phi) is 3.38. The highest BCUT2D eigenvalue weighted by Crippen LogP contribution is 2.47. The number of aryl methyl sites for hydroxylation is 1. The van der Waals surface area contributed by atoms with E-state index in [0.717, 1.165) is 17.9 Å². The summed E-state index contributed by atoms with van der Waals surface area (Å²) in [7, 11) is 0. The van der Waals surface area contributed by atoms with E-state index in [0.29, 0.717) is 0 Å². The molecule has 2 aliphatic rings. The summed E-state index contributed by atoms with van der Waals surface area (Å²) in [5.41, 5.74) is 5.98. The standard InChI is InChI=1S/C21H18N2OS/c1-14-6-8-15(9-7-14)18-12-19-17-4-2-3-5-20(17)24-21(23(19)22-18)16-10-11-25-13-16/h2-11,13,19,21H,12H2,1H3. The van der Waals surface area contributed by atoms with Gasteiger partial charge in [-0.1, -0.05) is 48.0 Å². The van der Waals surface area contributed by atoms with E-state index in [1.807, 2.05) is 6.07 Å². The molecule has 3 aromatic rings. The second-order valence-corrected chi connectivity index (χ2v) is 7.36. The van der Waals surface area contributed by atoms with E-state index < -0.39 is 0 Å². The highest BCUT2D eigenvalue weighted by molar-refractivity contribution is 7.07. The number of para-hydroxylation sites is 1. The predicted octanol–water partition coefficient (Wildman–Crippen LogP) is 5.30. The summed E-state index contributed by atoms with van der Waals surface area (Å²) in [5, 5.41) is 11.4. The average molecular weight is 346 g/mol. The summed E-state index contributed by atoms with van der Waals surface area (Å²) < 4.78 is 6.32. The molecule has 0 bridgehead atoms. The number of hydrogen-bond donors (Lipinski definition) is 0. The topological polar surface area (TPSA) is 24.8 Å². The third-order valence-electron chi connectivity index (χ3n) is 4.91. The van der Waals surface area contributed by atoms with Gasteiger partial charge in [0.2, 0.25) is 6.23 Å². The fraction of sp³-hybridized carbons (Fsp3) is 0.190. The average Bonchev–Trinajstić information content (AvgIpc) is 3.32. The van der Waals surface area contributed by atoms with E-state index in [9.17, 15) is 0 Å². The SMILES string of the molecule is Cc1ccc(C2=NN3C(C2)c2ccccc2OC3c2ccsc2)cc1. The number of ether oxygens (including phenoxy) is 1. The van der Waals surface area contributed by atoms with Crippen molar-refractivity contribution in [1.29, 1.82) is 0 Å². The Hall–Kier alpha value is -2.59. The van der Waals surface area contributed by atoms with Crippen LogP contribution < -0.4 is 4.74 Å². The van der Waals surface area contributed by atoms with Gasteiger partial charge in [0.25, 0.3) is 0 Å². The number of rotatable bonds is 2. The molecule has 0 spiro atoms. The molecule has 2 aromatic carbocycles. The largest absolute Gasteiger partial charge is 0.464 e. The summed E-state index contributed by atoms with van der Waals surface area (Å²) in [5.74, 6) is 0.973. The zero-order valence-electron chi connectivity index (χ0n) is 13.9. The van der Waals surface area contributed by atoms with Crippen LogP contribution in [0.1, 0.15) is 40.9 Å². The maximum absolute atomic E-state index is 6.32. The molecule has 0 amide bonds. The van der Waals surface area contributed by atoms with Gasteiger partial charge < -0.3 is 4.74 Å². The third kappa shape index (κ3) is 2.45. The Labute approximate surface area is 151 Å². The van der Waals surface area contributed by atoms with Crippen LogP contribution in [0, 0.1) is 6.92 Å². The van der Waals surface area contributed by atoms with E-state index in [1.165, 1.54) is 22.3 Å². The van der Waals surface area contributed by atoms with Crippen molar-refractivity contribution in [2.45, 2.75) is 25.6 Å². The van der Waals surface area contributed by atoms with Gasteiger partial charge in [-0.3, -0.25) is 0 Å². The van der Waals surface area contributed by atoms with Gasteiger partial charge in [-0.2, -0.15) is 16.4 Å². The Bertz CT molecular complexity index is 931. The van der Waals surface area contributed by atoms with Gasteiger partial charge in [-0.25, -0.2) is 5.01 Å². The van der Waals surface area contributed by atoms with Crippen LogP contribution in [-0.4, -0.2) is 10.7 Å². The minimum atomic E-state index is -0.158. The van der Waals surface area contributed by atoms with Gasteiger partial charge in [-0.15, -0.1) is 0 Å². The van der Waals surface area contributed by atoms with E-state index in [-0.39, 0.29) is 12.3 Å². The second kappa shape index (κ2) is 5.74. The highest BCUT2D eigenvalue weighted by Gasteiger charge is 2.40. The number of nitrogens with zero attached hydrogens (tertiary/aromatic N) is 2. The highest BCUT2D eigenvalue weighted by atomic mass is 32.1. The van der Waals surface area contributed by atoms with Crippen molar-refractivity contribution in [2.24, 2.45) is 5.10 Å². The minimum Gasteiger partial charge on any atom is -0.464 e. The summed E-state index contributed by atoms with van der Waals surface area (Å²) in [6.07, 6.45) is 0.749. The molecule has 4 heteroatoms. The number of benzene rings is 2. The fourth-order valence-electron chi connectivity index (χ4n) is 3.59. The van der Waals surface area contributed by atoms with Crippen LogP contribution in [0.2, 0.25) is 0 Å². The molecule has 0 N–H and O–H groups in total. The molecule has 5 rings (SSSR count). The van der Waals surface area contributed by atoms with Crippen molar-refractivity contribution in [3.8, 4) is 5.75 Å². The maximum atomic E-state index is 6.32.